The molecule has 1 amide bonds. The molecule has 0 fully saturated rings. The lowest BCUT2D eigenvalue weighted by Gasteiger charge is -2.20. The molecule has 1 rings (SSSR count). The maximum Gasteiger partial charge on any atom is 0.254 e. The van der Waals surface area contributed by atoms with Crippen molar-refractivity contribution in [2.75, 3.05) is 12.4 Å². The summed E-state index contributed by atoms with van der Waals surface area (Å²) in [5, 5.41) is 5.28. The molecule has 1 heterocycles. The number of rotatable bonds is 2. The molecule has 5 heteroatoms. The zero-order chi connectivity index (χ0) is 12.3. The number of pyridine rings is 1. The zero-order valence-corrected chi connectivity index (χ0v) is 9.89. The molecule has 88 valence electrons. The topological polar surface area (TPSA) is 54.0 Å². The number of nitrogens with one attached hydrogen (secondary N) is 2. The van der Waals surface area contributed by atoms with Crippen molar-refractivity contribution in [2.45, 2.75) is 26.3 Å². The highest BCUT2D eigenvalue weighted by molar-refractivity contribution is 5.95. The highest BCUT2D eigenvalue weighted by atomic mass is 19.1. The molecule has 0 saturated carbocycles. The van der Waals surface area contributed by atoms with Gasteiger partial charge in [-0.1, -0.05) is 0 Å². The van der Waals surface area contributed by atoms with Crippen LogP contribution < -0.4 is 10.6 Å². The number of carbonyl (C=O) groups is 1. The molecule has 0 bridgehead atoms. The molecule has 0 aliphatic heterocycles. The molecule has 0 aliphatic rings. The largest absolute Gasteiger partial charge is 0.371 e. The molecule has 16 heavy (non-hydrogen) atoms. The number of hydrogen-bond acceptors (Lipinski definition) is 3. The van der Waals surface area contributed by atoms with E-state index in [1.54, 1.807) is 7.05 Å². The minimum Gasteiger partial charge on any atom is -0.371 e. The summed E-state index contributed by atoms with van der Waals surface area (Å²) in [5.41, 5.74) is -0.402. The van der Waals surface area contributed by atoms with E-state index in [1.165, 1.54) is 12.3 Å². The first-order valence-electron chi connectivity index (χ1n) is 5.00. The van der Waals surface area contributed by atoms with Gasteiger partial charge in [0.15, 0.2) is 11.6 Å². The van der Waals surface area contributed by atoms with Crippen molar-refractivity contribution >= 4 is 11.7 Å². The number of carbonyl (C=O) groups excluding carboxylic acids is 1. The smallest absolute Gasteiger partial charge is 0.254 e. The van der Waals surface area contributed by atoms with E-state index in [2.05, 4.69) is 15.6 Å². The van der Waals surface area contributed by atoms with Crippen molar-refractivity contribution in [2.24, 2.45) is 0 Å². The maximum absolute atomic E-state index is 13.7. The number of nitrogens with zero attached hydrogens (tertiary/aromatic N) is 1. The van der Waals surface area contributed by atoms with Gasteiger partial charge in [-0.15, -0.1) is 0 Å². The van der Waals surface area contributed by atoms with Crippen LogP contribution in [0.25, 0.3) is 0 Å². The Hall–Kier alpha value is -1.65. The molecule has 0 saturated heterocycles. The van der Waals surface area contributed by atoms with Crippen LogP contribution in [0, 0.1) is 5.82 Å². The quantitative estimate of drug-likeness (QED) is 0.806. The van der Waals surface area contributed by atoms with Gasteiger partial charge in [-0.05, 0) is 26.8 Å². The lowest BCUT2D eigenvalue weighted by molar-refractivity contribution is 0.0915. The zero-order valence-electron chi connectivity index (χ0n) is 9.89. The predicted octanol–water partition coefficient (Wildman–Crippen LogP) is 1.79. The fourth-order valence-corrected chi connectivity index (χ4v) is 1.20. The Morgan fingerprint density at radius 3 is 2.56 bits per heavy atom. The van der Waals surface area contributed by atoms with Gasteiger partial charge in [0.1, 0.15) is 0 Å². The number of anilines is 1. The van der Waals surface area contributed by atoms with Crippen molar-refractivity contribution in [1.82, 2.24) is 10.3 Å². The van der Waals surface area contributed by atoms with E-state index >= 15 is 0 Å². The van der Waals surface area contributed by atoms with E-state index in [-0.39, 0.29) is 11.4 Å². The van der Waals surface area contributed by atoms with Crippen LogP contribution in [-0.2, 0) is 0 Å². The van der Waals surface area contributed by atoms with Gasteiger partial charge < -0.3 is 10.6 Å². The van der Waals surface area contributed by atoms with Gasteiger partial charge in [0.05, 0.1) is 5.56 Å². The van der Waals surface area contributed by atoms with Crippen molar-refractivity contribution in [3.05, 3.63) is 23.6 Å². The Balaban J connectivity index is 3.01. The Labute approximate surface area is 94.3 Å². The van der Waals surface area contributed by atoms with Gasteiger partial charge in [-0.25, -0.2) is 9.37 Å². The second-order valence-corrected chi connectivity index (χ2v) is 4.48. The predicted molar refractivity (Wildman–Crippen MR) is 61.0 cm³/mol. The van der Waals surface area contributed by atoms with Gasteiger partial charge in [-0.2, -0.15) is 0 Å². The lowest BCUT2D eigenvalue weighted by atomic mass is 10.1. The van der Waals surface area contributed by atoms with Crippen LogP contribution in [-0.4, -0.2) is 23.5 Å². The summed E-state index contributed by atoms with van der Waals surface area (Å²) >= 11 is 0. The van der Waals surface area contributed by atoms with Gasteiger partial charge in [-0.3, -0.25) is 4.79 Å². The van der Waals surface area contributed by atoms with E-state index in [9.17, 15) is 9.18 Å². The molecule has 1 aromatic heterocycles. The average molecular weight is 225 g/mol. The van der Waals surface area contributed by atoms with Crippen LogP contribution in [0.4, 0.5) is 10.2 Å². The van der Waals surface area contributed by atoms with Gasteiger partial charge in [0, 0.05) is 18.8 Å². The van der Waals surface area contributed by atoms with Crippen LogP contribution >= 0.6 is 0 Å². The van der Waals surface area contributed by atoms with E-state index in [0.717, 1.165) is 0 Å². The molecule has 0 radical (unpaired) electrons. The van der Waals surface area contributed by atoms with Crippen molar-refractivity contribution < 1.29 is 9.18 Å². The van der Waals surface area contributed by atoms with Crippen molar-refractivity contribution in [3.63, 3.8) is 0 Å². The molecule has 2 N–H and O–H groups in total. The minimum absolute atomic E-state index is 0.00530. The van der Waals surface area contributed by atoms with Crippen molar-refractivity contribution in [1.29, 1.82) is 0 Å². The fourth-order valence-electron chi connectivity index (χ4n) is 1.20. The molecule has 1 aromatic rings. The summed E-state index contributed by atoms with van der Waals surface area (Å²) in [4.78, 5) is 15.5. The Bertz CT molecular complexity index is 399. The van der Waals surface area contributed by atoms with Gasteiger partial charge in [0.2, 0.25) is 0 Å². The SMILES string of the molecule is CNc1nccc(C(=O)NC(C)(C)C)c1F. The monoisotopic (exact) mass is 225 g/mol. The van der Waals surface area contributed by atoms with E-state index < -0.39 is 17.3 Å². The number of halogens is 1. The molecular formula is C11H16FN3O. The molecule has 0 aromatic carbocycles. The Morgan fingerprint density at radius 1 is 1.44 bits per heavy atom. The molecule has 0 spiro atoms. The summed E-state index contributed by atoms with van der Waals surface area (Å²) < 4.78 is 13.7. The standard InChI is InChI=1S/C11H16FN3O/c1-11(2,3)15-10(16)7-5-6-14-9(13-4)8(7)12/h5-6H,1-4H3,(H,13,14)(H,15,16). The third-order valence-corrected chi connectivity index (χ3v) is 1.86. The molecule has 0 atom stereocenters. The molecular weight excluding hydrogens is 209 g/mol. The number of aromatic nitrogens is 1. The fraction of sp³-hybridized carbons (Fsp3) is 0.455. The van der Waals surface area contributed by atoms with Gasteiger partial charge in [0.25, 0.3) is 5.91 Å². The first-order chi connectivity index (χ1) is 7.35. The first-order valence-corrected chi connectivity index (χ1v) is 5.00. The summed E-state index contributed by atoms with van der Waals surface area (Å²) in [6.07, 6.45) is 1.40. The second-order valence-electron chi connectivity index (χ2n) is 4.48. The maximum atomic E-state index is 13.7. The normalized spacial score (nSPS) is 11.1. The van der Waals surface area contributed by atoms with Crippen LogP contribution in [0.1, 0.15) is 31.1 Å². The van der Waals surface area contributed by atoms with Crippen LogP contribution in [0.2, 0.25) is 0 Å². The summed E-state index contributed by atoms with van der Waals surface area (Å²) in [7, 11) is 1.55. The lowest BCUT2D eigenvalue weighted by Crippen LogP contribution is -2.41. The van der Waals surface area contributed by atoms with E-state index in [4.69, 9.17) is 0 Å². The van der Waals surface area contributed by atoms with Crippen molar-refractivity contribution in [3.8, 4) is 0 Å². The third-order valence-electron chi connectivity index (χ3n) is 1.86. The number of amides is 1. The van der Waals surface area contributed by atoms with E-state index in [1.807, 2.05) is 20.8 Å². The average Bonchev–Trinajstić information content (AvgIpc) is 2.15. The Morgan fingerprint density at radius 2 is 2.06 bits per heavy atom. The summed E-state index contributed by atoms with van der Waals surface area (Å²) in [6.45, 7) is 5.51. The highest BCUT2D eigenvalue weighted by Crippen LogP contribution is 2.15. The third kappa shape index (κ3) is 2.92. The van der Waals surface area contributed by atoms with Crippen LogP contribution in [0.3, 0.4) is 0 Å². The van der Waals surface area contributed by atoms with Crippen LogP contribution in [0.15, 0.2) is 12.3 Å². The molecule has 4 nitrogen and oxygen atoms in total. The Kier molecular flexibility index (Phi) is 3.47. The highest BCUT2D eigenvalue weighted by Gasteiger charge is 2.19. The second kappa shape index (κ2) is 4.47. The number of hydrogen-bond donors (Lipinski definition) is 2. The van der Waals surface area contributed by atoms with Gasteiger partial charge >= 0.3 is 0 Å². The molecule has 0 unspecified atom stereocenters. The van der Waals surface area contributed by atoms with Crippen LogP contribution in [0.5, 0.6) is 0 Å². The van der Waals surface area contributed by atoms with E-state index in [0.29, 0.717) is 0 Å². The summed E-state index contributed by atoms with van der Waals surface area (Å²) in [6, 6.07) is 1.36. The molecule has 0 aliphatic carbocycles. The first kappa shape index (κ1) is 12.4. The minimum atomic E-state index is -0.633. The summed E-state index contributed by atoms with van der Waals surface area (Å²) in [5.74, 6) is -1.00.